The summed E-state index contributed by atoms with van der Waals surface area (Å²) >= 11 is 0. The van der Waals surface area contributed by atoms with Gasteiger partial charge in [-0.05, 0) is 48.9 Å². The highest BCUT2D eigenvalue weighted by molar-refractivity contribution is 5.36. The van der Waals surface area contributed by atoms with Gasteiger partial charge < -0.3 is 0 Å². The minimum absolute atomic E-state index is 0.114. The summed E-state index contributed by atoms with van der Waals surface area (Å²) in [7, 11) is 0. The number of aromatic nitrogens is 1. The summed E-state index contributed by atoms with van der Waals surface area (Å²) in [6.45, 7) is 4.30. The van der Waals surface area contributed by atoms with Gasteiger partial charge in [-0.25, -0.2) is 0 Å². The van der Waals surface area contributed by atoms with E-state index >= 15 is 0 Å². The molecule has 1 nitrogen and oxygen atoms in total. The summed E-state index contributed by atoms with van der Waals surface area (Å²) < 4.78 is 0. The second kappa shape index (κ2) is 7.92. The highest BCUT2D eigenvalue weighted by Gasteiger charge is 2.33. The van der Waals surface area contributed by atoms with Gasteiger partial charge in [0.05, 0.1) is 5.69 Å². The smallest absolute Gasteiger partial charge is 0.0509 e. The first-order valence-electron chi connectivity index (χ1n) is 8.65. The topological polar surface area (TPSA) is 12.9 Å². The lowest BCUT2D eigenvalue weighted by molar-refractivity contribution is 0.446. The molecule has 0 bridgehead atoms. The molecule has 3 aromatic rings. The SMILES string of the molecule is [CH2]CC(CCCc1ccccc1)(c1ccccc1)c1ccccn1. The van der Waals surface area contributed by atoms with Crippen molar-refractivity contribution in [2.75, 3.05) is 0 Å². The molecule has 1 unspecified atom stereocenters. The van der Waals surface area contributed by atoms with Crippen LogP contribution in [-0.4, -0.2) is 4.98 Å². The fourth-order valence-corrected chi connectivity index (χ4v) is 3.46. The summed E-state index contributed by atoms with van der Waals surface area (Å²) in [5.41, 5.74) is 3.72. The molecule has 2 aromatic carbocycles. The number of benzene rings is 2. The van der Waals surface area contributed by atoms with Crippen molar-refractivity contribution < 1.29 is 0 Å². The zero-order valence-corrected chi connectivity index (χ0v) is 14.1. The van der Waals surface area contributed by atoms with Crippen LogP contribution in [0.4, 0.5) is 0 Å². The number of hydrogen-bond acceptors (Lipinski definition) is 1. The molecular weight excluding hydrogens is 290 g/mol. The van der Waals surface area contributed by atoms with Crippen LogP contribution in [0.5, 0.6) is 0 Å². The van der Waals surface area contributed by atoms with E-state index < -0.39 is 0 Å². The summed E-state index contributed by atoms with van der Waals surface area (Å²) in [6, 6.07) is 27.6. The van der Waals surface area contributed by atoms with E-state index in [1.807, 2.05) is 12.3 Å². The number of rotatable bonds is 7. The van der Waals surface area contributed by atoms with E-state index in [1.54, 1.807) is 0 Å². The Labute approximate surface area is 145 Å². The zero-order chi connectivity index (χ0) is 16.7. The molecule has 0 saturated carbocycles. The van der Waals surface area contributed by atoms with Gasteiger partial charge in [0, 0.05) is 11.6 Å². The van der Waals surface area contributed by atoms with Crippen LogP contribution in [-0.2, 0) is 11.8 Å². The molecule has 1 atom stereocenters. The molecule has 1 heterocycles. The van der Waals surface area contributed by atoms with Crippen LogP contribution in [0.15, 0.2) is 85.1 Å². The first-order valence-corrected chi connectivity index (χ1v) is 8.65. The Balaban J connectivity index is 1.87. The van der Waals surface area contributed by atoms with Gasteiger partial charge in [0.2, 0.25) is 0 Å². The lowest BCUT2D eigenvalue weighted by atomic mass is 9.71. The van der Waals surface area contributed by atoms with Crippen molar-refractivity contribution >= 4 is 0 Å². The number of hydrogen-bond donors (Lipinski definition) is 0. The third-order valence-corrected chi connectivity index (χ3v) is 4.82. The molecule has 1 radical (unpaired) electrons. The van der Waals surface area contributed by atoms with Crippen LogP contribution in [0.2, 0.25) is 0 Å². The van der Waals surface area contributed by atoms with Crippen molar-refractivity contribution in [3.63, 3.8) is 0 Å². The monoisotopic (exact) mass is 314 g/mol. The third-order valence-electron chi connectivity index (χ3n) is 4.82. The first kappa shape index (κ1) is 16.4. The maximum Gasteiger partial charge on any atom is 0.0509 e. The van der Waals surface area contributed by atoms with Crippen LogP contribution in [0.25, 0.3) is 0 Å². The average molecular weight is 314 g/mol. The molecule has 24 heavy (non-hydrogen) atoms. The van der Waals surface area contributed by atoms with Crippen molar-refractivity contribution in [1.82, 2.24) is 4.98 Å². The maximum absolute atomic E-state index is 4.68. The van der Waals surface area contributed by atoms with Crippen LogP contribution >= 0.6 is 0 Å². The molecule has 1 aromatic heterocycles. The Morgan fingerprint density at radius 3 is 2.08 bits per heavy atom. The first-order chi connectivity index (χ1) is 11.8. The Hall–Kier alpha value is -2.41. The van der Waals surface area contributed by atoms with Crippen molar-refractivity contribution in [3.8, 4) is 0 Å². The average Bonchev–Trinajstić information content (AvgIpc) is 2.68. The van der Waals surface area contributed by atoms with Gasteiger partial charge in [-0.15, -0.1) is 0 Å². The van der Waals surface area contributed by atoms with E-state index in [0.29, 0.717) is 0 Å². The van der Waals surface area contributed by atoms with Gasteiger partial charge >= 0.3 is 0 Å². The molecule has 0 aliphatic carbocycles. The third kappa shape index (κ3) is 3.56. The van der Waals surface area contributed by atoms with Gasteiger partial charge in [-0.3, -0.25) is 4.98 Å². The molecule has 0 saturated heterocycles. The highest BCUT2D eigenvalue weighted by atomic mass is 14.7. The predicted octanol–water partition coefficient (Wildman–Crippen LogP) is 5.61. The molecule has 0 amide bonds. The van der Waals surface area contributed by atoms with Gasteiger partial charge in [0.25, 0.3) is 0 Å². The van der Waals surface area contributed by atoms with E-state index in [4.69, 9.17) is 0 Å². The molecular formula is C23H24N. The van der Waals surface area contributed by atoms with Crippen LogP contribution in [0, 0.1) is 6.92 Å². The van der Waals surface area contributed by atoms with E-state index in [9.17, 15) is 0 Å². The molecule has 0 aliphatic heterocycles. The van der Waals surface area contributed by atoms with Crippen molar-refractivity contribution in [1.29, 1.82) is 0 Å². The van der Waals surface area contributed by atoms with Gasteiger partial charge in [0.15, 0.2) is 0 Å². The van der Waals surface area contributed by atoms with Crippen LogP contribution < -0.4 is 0 Å². The van der Waals surface area contributed by atoms with Gasteiger partial charge in [-0.2, -0.15) is 0 Å². The zero-order valence-electron chi connectivity index (χ0n) is 14.1. The summed E-state index contributed by atoms with van der Waals surface area (Å²) in [4.78, 5) is 4.68. The molecule has 3 rings (SSSR count). The Bertz CT molecular complexity index is 680. The van der Waals surface area contributed by atoms with Crippen LogP contribution in [0.1, 0.15) is 36.1 Å². The molecule has 1 heteroatoms. The van der Waals surface area contributed by atoms with Gasteiger partial charge in [0.1, 0.15) is 0 Å². The number of aryl methyl sites for hydroxylation is 1. The predicted molar refractivity (Wildman–Crippen MR) is 101 cm³/mol. The summed E-state index contributed by atoms with van der Waals surface area (Å²) in [6.07, 6.45) is 5.95. The molecule has 121 valence electrons. The highest BCUT2D eigenvalue weighted by Crippen LogP contribution is 2.38. The maximum atomic E-state index is 4.68. The summed E-state index contributed by atoms with van der Waals surface area (Å²) in [5.74, 6) is 0. The quantitative estimate of drug-likeness (QED) is 0.552. The van der Waals surface area contributed by atoms with E-state index in [1.165, 1.54) is 11.1 Å². The molecule has 0 spiro atoms. The van der Waals surface area contributed by atoms with E-state index in [-0.39, 0.29) is 5.41 Å². The van der Waals surface area contributed by atoms with Crippen molar-refractivity contribution in [3.05, 3.63) is 109 Å². The standard InChI is InChI=1S/C23H24N/c1-2-23(21-15-7-4-8-16-21,22-17-9-10-19-24-22)18-11-14-20-12-5-3-6-13-20/h3-10,12-13,15-17,19H,1-2,11,14,18H2. The second-order valence-electron chi connectivity index (χ2n) is 6.25. The second-order valence-corrected chi connectivity index (χ2v) is 6.25. The number of nitrogens with zero attached hydrogens (tertiary/aromatic N) is 1. The Morgan fingerprint density at radius 2 is 1.46 bits per heavy atom. The largest absolute Gasteiger partial charge is 0.260 e. The Morgan fingerprint density at radius 1 is 0.792 bits per heavy atom. The lowest BCUT2D eigenvalue weighted by Crippen LogP contribution is -2.28. The molecule has 0 aliphatic rings. The normalized spacial score (nSPS) is 13.4. The van der Waals surface area contributed by atoms with Gasteiger partial charge in [-0.1, -0.05) is 73.7 Å². The fourth-order valence-electron chi connectivity index (χ4n) is 3.46. The van der Waals surface area contributed by atoms with E-state index in [0.717, 1.165) is 31.4 Å². The number of pyridine rings is 1. The Kier molecular flexibility index (Phi) is 5.43. The fraction of sp³-hybridized carbons (Fsp3) is 0.217. The molecule has 0 fully saturated rings. The molecule has 0 N–H and O–H groups in total. The van der Waals surface area contributed by atoms with Crippen molar-refractivity contribution in [2.24, 2.45) is 0 Å². The van der Waals surface area contributed by atoms with E-state index in [2.05, 4.69) is 84.7 Å². The minimum atomic E-state index is -0.114. The van der Waals surface area contributed by atoms with Crippen molar-refractivity contribution in [2.45, 2.75) is 31.1 Å². The van der Waals surface area contributed by atoms with Crippen LogP contribution in [0.3, 0.4) is 0 Å². The summed E-state index contributed by atoms with van der Waals surface area (Å²) in [5, 5.41) is 0. The lowest BCUT2D eigenvalue weighted by Gasteiger charge is -2.33. The minimum Gasteiger partial charge on any atom is -0.260 e.